The van der Waals surface area contributed by atoms with Crippen LogP contribution in [0.2, 0.25) is 0 Å². The Bertz CT molecular complexity index is 1000. The number of amides is 2. The summed E-state index contributed by atoms with van der Waals surface area (Å²) in [6.07, 6.45) is 0.848. The van der Waals surface area contributed by atoms with Crippen LogP contribution in [0, 0.1) is 11.3 Å². The zero-order chi connectivity index (χ0) is 25.3. The van der Waals surface area contributed by atoms with Crippen molar-refractivity contribution in [2.45, 2.75) is 66.3 Å². The molecule has 1 aliphatic heterocycles. The zero-order valence-corrected chi connectivity index (χ0v) is 23.2. The lowest BCUT2D eigenvalue weighted by molar-refractivity contribution is -0.146. The highest BCUT2D eigenvalue weighted by atomic mass is 35.5. The molecule has 0 bridgehead atoms. The minimum Gasteiger partial charge on any atom is -0.333 e. The Balaban J connectivity index is 1.93. The first-order valence-electron chi connectivity index (χ1n) is 12.2. The lowest BCUT2D eigenvalue weighted by Crippen LogP contribution is -2.50. The van der Waals surface area contributed by atoms with Gasteiger partial charge in [0.15, 0.2) is 0 Å². The number of fused-ring (bicyclic) bond motifs is 1. The Morgan fingerprint density at radius 3 is 2.32 bits per heavy atom. The second-order valence-corrected chi connectivity index (χ2v) is 12.8. The topological polar surface area (TPSA) is 40.6 Å². The summed E-state index contributed by atoms with van der Waals surface area (Å²) in [6.45, 7) is 15.7. The molecule has 1 atom stereocenters. The van der Waals surface area contributed by atoms with Gasteiger partial charge in [0.2, 0.25) is 11.8 Å². The molecule has 0 fully saturated rings. The van der Waals surface area contributed by atoms with Gasteiger partial charge in [0.25, 0.3) is 0 Å². The van der Waals surface area contributed by atoms with Crippen molar-refractivity contribution < 1.29 is 9.59 Å². The number of carbonyl (C=O) groups excluding carboxylic acids is 2. The second-order valence-electron chi connectivity index (χ2n) is 11.5. The molecule has 0 N–H and O–H groups in total. The number of carbonyl (C=O) groups is 2. The van der Waals surface area contributed by atoms with Gasteiger partial charge in [-0.3, -0.25) is 9.59 Å². The molecule has 2 aromatic rings. The second kappa shape index (κ2) is 10.4. The van der Waals surface area contributed by atoms with Crippen molar-refractivity contribution >= 4 is 34.8 Å². The molecule has 6 heteroatoms. The van der Waals surface area contributed by atoms with Gasteiger partial charge in [-0.15, -0.1) is 22.9 Å². The van der Waals surface area contributed by atoms with Gasteiger partial charge in [0, 0.05) is 23.8 Å². The third-order valence-corrected chi connectivity index (χ3v) is 8.16. The molecule has 0 radical (unpaired) electrons. The van der Waals surface area contributed by atoms with E-state index in [0.717, 1.165) is 12.0 Å². The van der Waals surface area contributed by atoms with Crippen LogP contribution in [0.4, 0.5) is 0 Å². The Morgan fingerprint density at radius 1 is 1.12 bits per heavy atom. The molecule has 0 aliphatic carbocycles. The summed E-state index contributed by atoms with van der Waals surface area (Å²) in [5.41, 5.74) is 2.95. The summed E-state index contributed by atoms with van der Waals surface area (Å²) in [5, 5.41) is 2.12. The predicted molar refractivity (Wildman–Crippen MR) is 143 cm³/mol. The minimum absolute atomic E-state index is 0.0129. The molecular weight excluding hydrogens is 464 g/mol. The van der Waals surface area contributed by atoms with Crippen LogP contribution in [-0.4, -0.2) is 47.1 Å². The highest BCUT2D eigenvalue weighted by molar-refractivity contribution is 7.10. The number of rotatable bonds is 7. The molecule has 4 nitrogen and oxygen atoms in total. The SMILES string of the molecule is CC(C)CN(CC(=O)N1CCc2sccc2C1c1ccc(C(C)(C)C)cc1)C(=O)C(C)(C)CCl. The van der Waals surface area contributed by atoms with Crippen molar-refractivity contribution in [2.24, 2.45) is 11.3 Å². The van der Waals surface area contributed by atoms with Gasteiger partial charge >= 0.3 is 0 Å². The number of alkyl halides is 1. The molecule has 186 valence electrons. The van der Waals surface area contributed by atoms with Gasteiger partial charge in [-0.2, -0.15) is 0 Å². The molecule has 1 aromatic heterocycles. The molecule has 0 spiro atoms. The minimum atomic E-state index is -0.707. The Kier molecular flexibility index (Phi) is 8.19. The number of hydrogen-bond acceptors (Lipinski definition) is 3. The molecule has 3 rings (SSSR count). The summed E-state index contributed by atoms with van der Waals surface area (Å²) in [7, 11) is 0. The van der Waals surface area contributed by atoms with E-state index in [4.69, 9.17) is 11.6 Å². The maximum Gasteiger partial charge on any atom is 0.242 e. The molecule has 0 saturated carbocycles. The van der Waals surface area contributed by atoms with E-state index in [1.54, 1.807) is 16.2 Å². The first-order chi connectivity index (χ1) is 15.8. The first-order valence-corrected chi connectivity index (χ1v) is 13.6. The number of hydrogen-bond donors (Lipinski definition) is 0. The molecule has 1 unspecified atom stereocenters. The van der Waals surface area contributed by atoms with Gasteiger partial charge in [0.05, 0.1) is 18.0 Å². The van der Waals surface area contributed by atoms with E-state index in [1.165, 1.54) is 16.0 Å². The third kappa shape index (κ3) is 5.85. The van der Waals surface area contributed by atoms with Crippen LogP contribution in [-0.2, 0) is 21.4 Å². The quantitative estimate of drug-likeness (QED) is 0.418. The molecule has 1 aliphatic rings. The van der Waals surface area contributed by atoms with Crippen LogP contribution in [0.15, 0.2) is 35.7 Å². The number of nitrogens with zero attached hydrogens (tertiary/aromatic N) is 2. The smallest absolute Gasteiger partial charge is 0.242 e. The van der Waals surface area contributed by atoms with Crippen LogP contribution < -0.4 is 0 Å². The summed E-state index contributed by atoms with van der Waals surface area (Å²) in [4.78, 5) is 32.0. The Morgan fingerprint density at radius 2 is 1.76 bits per heavy atom. The van der Waals surface area contributed by atoms with Crippen molar-refractivity contribution in [3.8, 4) is 0 Å². The van der Waals surface area contributed by atoms with Crippen LogP contribution in [0.25, 0.3) is 0 Å². The zero-order valence-electron chi connectivity index (χ0n) is 21.7. The Hall–Kier alpha value is -1.85. The van der Waals surface area contributed by atoms with Crippen LogP contribution in [0.5, 0.6) is 0 Å². The van der Waals surface area contributed by atoms with Crippen molar-refractivity contribution in [3.05, 3.63) is 57.3 Å². The van der Waals surface area contributed by atoms with Crippen molar-refractivity contribution in [3.63, 3.8) is 0 Å². The van der Waals surface area contributed by atoms with Crippen LogP contribution in [0.3, 0.4) is 0 Å². The van der Waals surface area contributed by atoms with Crippen LogP contribution >= 0.6 is 22.9 Å². The average molecular weight is 503 g/mol. The summed E-state index contributed by atoms with van der Waals surface area (Å²) >= 11 is 7.87. The molecule has 2 heterocycles. The number of halogens is 1. The largest absolute Gasteiger partial charge is 0.333 e. The summed E-state index contributed by atoms with van der Waals surface area (Å²) in [6, 6.07) is 10.7. The maximum atomic E-state index is 13.8. The average Bonchev–Trinajstić information content (AvgIpc) is 3.25. The van der Waals surface area contributed by atoms with Gasteiger partial charge in [-0.1, -0.05) is 58.9 Å². The molecular formula is C28H39ClN2O2S. The lowest BCUT2D eigenvalue weighted by atomic mass is 9.85. The monoisotopic (exact) mass is 502 g/mol. The van der Waals surface area contributed by atoms with Gasteiger partial charge in [0.1, 0.15) is 0 Å². The molecule has 2 amide bonds. The maximum absolute atomic E-state index is 13.8. The standard InChI is InChI=1S/C28H39ClN2O2S/c1-19(2)16-30(26(33)28(6,7)18-29)17-24(32)31-14-12-23-22(13-15-34-23)25(31)20-8-10-21(11-9-20)27(3,4)5/h8-11,13,15,19,25H,12,14,16-18H2,1-7H3. The number of benzene rings is 1. The summed E-state index contributed by atoms with van der Waals surface area (Å²) < 4.78 is 0. The lowest BCUT2D eigenvalue weighted by Gasteiger charge is -2.39. The van der Waals surface area contributed by atoms with E-state index >= 15 is 0 Å². The normalized spacial score (nSPS) is 16.5. The fourth-order valence-corrected chi connectivity index (χ4v) is 5.53. The third-order valence-electron chi connectivity index (χ3n) is 6.49. The Labute approximate surface area is 214 Å². The highest BCUT2D eigenvalue weighted by Gasteiger charge is 2.37. The van der Waals surface area contributed by atoms with Gasteiger partial charge < -0.3 is 9.80 Å². The number of thiophene rings is 1. The van der Waals surface area contributed by atoms with E-state index in [1.807, 2.05) is 18.7 Å². The highest BCUT2D eigenvalue weighted by Crippen LogP contribution is 2.38. The van der Waals surface area contributed by atoms with E-state index in [2.05, 4.69) is 70.3 Å². The molecule has 1 aromatic carbocycles. The van der Waals surface area contributed by atoms with Crippen molar-refractivity contribution in [1.82, 2.24) is 9.80 Å². The first kappa shape index (κ1) is 26.7. The van der Waals surface area contributed by atoms with Gasteiger partial charge in [-0.05, 0) is 59.7 Å². The van der Waals surface area contributed by atoms with Crippen molar-refractivity contribution in [2.75, 3.05) is 25.5 Å². The van der Waals surface area contributed by atoms with E-state index in [-0.39, 0.29) is 41.6 Å². The summed E-state index contributed by atoms with van der Waals surface area (Å²) in [5.74, 6) is 0.401. The fourth-order valence-electron chi connectivity index (χ4n) is 4.51. The van der Waals surface area contributed by atoms with Gasteiger partial charge in [-0.25, -0.2) is 0 Å². The van der Waals surface area contributed by atoms with E-state index in [0.29, 0.717) is 13.1 Å². The molecule has 0 saturated heterocycles. The van der Waals surface area contributed by atoms with E-state index < -0.39 is 5.41 Å². The molecule has 34 heavy (non-hydrogen) atoms. The fraction of sp³-hybridized carbons (Fsp3) is 0.571. The predicted octanol–water partition coefficient (Wildman–Crippen LogP) is 6.27. The van der Waals surface area contributed by atoms with Crippen LogP contribution in [0.1, 0.15) is 76.1 Å². The van der Waals surface area contributed by atoms with Crippen molar-refractivity contribution in [1.29, 1.82) is 0 Å². The van der Waals surface area contributed by atoms with E-state index in [9.17, 15) is 9.59 Å².